The fourth-order valence-electron chi connectivity index (χ4n) is 1.67. The number of amides is 2. The Labute approximate surface area is 111 Å². The van der Waals surface area contributed by atoms with E-state index in [1.807, 2.05) is 14.0 Å². The third-order valence-corrected chi connectivity index (χ3v) is 2.94. The van der Waals surface area contributed by atoms with Crippen molar-refractivity contribution in [2.24, 2.45) is 0 Å². The third-order valence-electron chi connectivity index (χ3n) is 2.94. The molecule has 6 heteroatoms. The van der Waals surface area contributed by atoms with Gasteiger partial charge in [-0.2, -0.15) is 0 Å². The average molecular weight is 263 g/mol. The summed E-state index contributed by atoms with van der Waals surface area (Å²) in [6.45, 7) is 2.52. The monoisotopic (exact) mass is 263 g/mol. The van der Waals surface area contributed by atoms with Crippen LogP contribution >= 0.6 is 0 Å². The molecule has 19 heavy (non-hydrogen) atoms. The zero-order valence-corrected chi connectivity index (χ0v) is 10.9. The van der Waals surface area contributed by atoms with Crippen LogP contribution in [0.4, 0.5) is 5.69 Å². The van der Waals surface area contributed by atoms with E-state index in [-0.39, 0.29) is 24.5 Å². The summed E-state index contributed by atoms with van der Waals surface area (Å²) in [6, 6.07) is 5.18. The summed E-state index contributed by atoms with van der Waals surface area (Å²) in [7, 11) is 1.84. The smallest absolute Gasteiger partial charge is 0.262 e. The molecule has 102 valence electrons. The second-order valence-electron chi connectivity index (χ2n) is 4.45. The minimum Gasteiger partial charge on any atom is -0.482 e. The normalized spacial score (nSPS) is 14.9. The Morgan fingerprint density at radius 2 is 2.32 bits per heavy atom. The SMILES string of the molecule is CNC(C)CNC(=O)c1ccc2c(c1)NC(=O)CO2. The van der Waals surface area contributed by atoms with Gasteiger partial charge in [-0.1, -0.05) is 0 Å². The summed E-state index contributed by atoms with van der Waals surface area (Å²) >= 11 is 0. The van der Waals surface area contributed by atoms with Gasteiger partial charge in [0.15, 0.2) is 6.61 Å². The van der Waals surface area contributed by atoms with Crippen LogP contribution in [0.2, 0.25) is 0 Å². The van der Waals surface area contributed by atoms with Crippen molar-refractivity contribution in [2.75, 3.05) is 25.5 Å². The zero-order valence-electron chi connectivity index (χ0n) is 10.9. The summed E-state index contributed by atoms with van der Waals surface area (Å²) in [5.74, 6) is 0.193. The number of rotatable bonds is 4. The fourth-order valence-corrected chi connectivity index (χ4v) is 1.67. The lowest BCUT2D eigenvalue weighted by molar-refractivity contribution is -0.118. The Bertz CT molecular complexity index is 502. The largest absolute Gasteiger partial charge is 0.482 e. The molecule has 1 unspecified atom stereocenters. The van der Waals surface area contributed by atoms with Crippen LogP contribution in [-0.4, -0.2) is 38.1 Å². The minimum absolute atomic E-state index is 0.0121. The van der Waals surface area contributed by atoms with Crippen LogP contribution in [0.1, 0.15) is 17.3 Å². The van der Waals surface area contributed by atoms with Gasteiger partial charge in [-0.25, -0.2) is 0 Å². The van der Waals surface area contributed by atoms with Crippen molar-refractivity contribution in [3.05, 3.63) is 23.8 Å². The molecule has 3 N–H and O–H groups in total. The summed E-state index contributed by atoms with van der Waals surface area (Å²) in [6.07, 6.45) is 0. The first kappa shape index (κ1) is 13.4. The highest BCUT2D eigenvalue weighted by Crippen LogP contribution is 2.28. The van der Waals surface area contributed by atoms with E-state index in [0.717, 1.165) is 0 Å². The van der Waals surface area contributed by atoms with Gasteiger partial charge < -0.3 is 20.7 Å². The molecule has 2 amide bonds. The van der Waals surface area contributed by atoms with E-state index in [0.29, 0.717) is 23.5 Å². The summed E-state index contributed by atoms with van der Waals surface area (Å²) < 4.78 is 5.23. The van der Waals surface area contributed by atoms with Crippen LogP contribution in [0.3, 0.4) is 0 Å². The van der Waals surface area contributed by atoms with Gasteiger partial charge in [0.1, 0.15) is 5.75 Å². The Kier molecular flexibility index (Phi) is 4.01. The van der Waals surface area contributed by atoms with E-state index in [2.05, 4.69) is 16.0 Å². The first-order valence-electron chi connectivity index (χ1n) is 6.12. The minimum atomic E-state index is -0.214. The Hall–Kier alpha value is -2.08. The van der Waals surface area contributed by atoms with Crippen molar-refractivity contribution in [1.29, 1.82) is 0 Å². The van der Waals surface area contributed by atoms with Crippen LogP contribution in [0.15, 0.2) is 18.2 Å². The number of anilines is 1. The number of benzene rings is 1. The first-order valence-corrected chi connectivity index (χ1v) is 6.12. The highest BCUT2D eigenvalue weighted by atomic mass is 16.5. The number of carbonyl (C=O) groups is 2. The molecule has 0 aromatic heterocycles. The van der Waals surface area contributed by atoms with E-state index in [1.54, 1.807) is 18.2 Å². The predicted molar refractivity (Wildman–Crippen MR) is 71.4 cm³/mol. The van der Waals surface area contributed by atoms with Crippen LogP contribution in [0, 0.1) is 0 Å². The fraction of sp³-hybridized carbons (Fsp3) is 0.385. The van der Waals surface area contributed by atoms with Crippen molar-refractivity contribution in [3.63, 3.8) is 0 Å². The molecule has 1 aromatic carbocycles. The van der Waals surface area contributed by atoms with Crippen LogP contribution in [0.25, 0.3) is 0 Å². The number of hydrogen-bond donors (Lipinski definition) is 3. The molecule has 1 aliphatic heterocycles. The van der Waals surface area contributed by atoms with E-state index in [1.165, 1.54) is 0 Å². The second-order valence-corrected chi connectivity index (χ2v) is 4.45. The van der Waals surface area contributed by atoms with Crippen molar-refractivity contribution < 1.29 is 14.3 Å². The highest BCUT2D eigenvalue weighted by Gasteiger charge is 2.17. The molecule has 0 bridgehead atoms. The number of ether oxygens (including phenoxy) is 1. The lowest BCUT2D eigenvalue weighted by atomic mass is 10.1. The van der Waals surface area contributed by atoms with Crippen molar-refractivity contribution in [1.82, 2.24) is 10.6 Å². The molecule has 1 aliphatic rings. The number of hydrogen-bond acceptors (Lipinski definition) is 4. The van der Waals surface area contributed by atoms with Crippen LogP contribution < -0.4 is 20.7 Å². The lowest BCUT2D eigenvalue weighted by Crippen LogP contribution is -2.37. The Balaban J connectivity index is 2.06. The van der Waals surface area contributed by atoms with E-state index in [9.17, 15) is 9.59 Å². The molecular formula is C13H17N3O3. The summed E-state index contributed by atoms with van der Waals surface area (Å²) in [5, 5.41) is 8.52. The third kappa shape index (κ3) is 3.23. The molecule has 0 fully saturated rings. The van der Waals surface area contributed by atoms with Crippen molar-refractivity contribution in [2.45, 2.75) is 13.0 Å². The number of fused-ring (bicyclic) bond motifs is 1. The van der Waals surface area contributed by atoms with E-state index >= 15 is 0 Å². The molecule has 2 rings (SSSR count). The van der Waals surface area contributed by atoms with E-state index < -0.39 is 0 Å². The molecule has 0 saturated carbocycles. The van der Waals surface area contributed by atoms with Gasteiger partial charge in [0, 0.05) is 18.2 Å². The quantitative estimate of drug-likeness (QED) is 0.732. The topological polar surface area (TPSA) is 79.5 Å². The van der Waals surface area contributed by atoms with Crippen LogP contribution in [-0.2, 0) is 4.79 Å². The Morgan fingerprint density at radius 3 is 3.05 bits per heavy atom. The number of likely N-dealkylation sites (N-methyl/N-ethyl adjacent to an activating group) is 1. The van der Waals surface area contributed by atoms with Gasteiger partial charge in [-0.15, -0.1) is 0 Å². The molecule has 1 heterocycles. The number of carbonyl (C=O) groups excluding carboxylic acids is 2. The number of nitrogens with one attached hydrogen (secondary N) is 3. The lowest BCUT2D eigenvalue weighted by Gasteiger charge is -2.18. The standard InChI is InChI=1S/C13H17N3O3/c1-8(14-2)6-15-13(18)9-3-4-11-10(5-9)16-12(17)7-19-11/h3-5,8,14H,6-7H2,1-2H3,(H,15,18)(H,16,17). The molecule has 0 spiro atoms. The molecule has 1 aromatic rings. The molecule has 1 atom stereocenters. The first-order chi connectivity index (χ1) is 9.10. The maximum absolute atomic E-state index is 11.9. The van der Waals surface area contributed by atoms with Gasteiger partial charge in [-0.05, 0) is 32.2 Å². The zero-order chi connectivity index (χ0) is 13.8. The van der Waals surface area contributed by atoms with Gasteiger partial charge in [0.2, 0.25) is 0 Å². The van der Waals surface area contributed by atoms with Gasteiger partial charge in [0.25, 0.3) is 11.8 Å². The van der Waals surface area contributed by atoms with Crippen LogP contribution in [0.5, 0.6) is 5.75 Å². The average Bonchev–Trinajstić information content (AvgIpc) is 2.43. The highest BCUT2D eigenvalue weighted by molar-refractivity contribution is 5.99. The molecule has 0 saturated heterocycles. The molecule has 6 nitrogen and oxygen atoms in total. The predicted octanol–water partition coefficient (Wildman–Crippen LogP) is 0.355. The molecule has 0 radical (unpaired) electrons. The maximum Gasteiger partial charge on any atom is 0.262 e. The van der Waals surface area contributed by atoms with Gasteiger partial charge in [0.05, 0.1) is 5.69 Å². The second kappa shape index (κ2) is 5.71. The van der Waals surface area contributed by atoms with Crippen molar-refractivity contribution >= 4 is 17.5 Å². The van der Waals surface area contributed by atoms with Gasteiger partial charge >= 0.3 is 0 Å². The maximum atomic E-state index is 11.9. The van der Waals surface area contributed by atoms with Gasteiger partial charge in [-0.3, -0.25) is 9.59 Å². The van der Waals surface area contributed by atoms with Crippen molar-refractivity contribution in [3.8, 4) is 5.75 Å². The Morgan fingerprint density at radius 1 is 1.53 bits per heavy atom. The summed E-state index contributed by atoms with van der Waals surface area (Å²) in [4.78, 5) is 23.2. The molecule has 0 aliphatic carbocycles. The van der Waals surface area contributed by atoms with E-state index in [4.69, 9.17) is 4.74 Å². The molecular weight excluding hydrogens is 246 g/mol. The summed E-state index contributed by atoms with van der Waals surface area (Å²) in [5.41, 5.74) is 1.03.